The van der Waals surface area contributed by atoms with E-state index >= 15 is 0 Å². The summed E-state index contributed by atoms with van der Waals surface area (Å²) in [4.78, 5) is 7.32. The maximum absolute atomic E-state index is 5.48. The van der Waals surface area contributed by atoms with Crippen LogP contribution in [0.4, 0.5) is 0 Å². The molecule has 0 amide bonds. The van der Waals surface area contributed by atoms with E-state index < -0.39 is 0 Å². The molecule has 2 rings (SSSR count). The third-order valence-electron chi connectivity index (χ3n) is 2.62. The first-order chi connectivity index (χ1) is 7.88. The number of imidazole rings is 1. The van der Waals surface area contributed by atoms with Gasteiger partial charge in [-0.05, 0) is 30.5 Å². The summed E-state index contributed by atoms with van der Waals surface area (Å²) >= 11 is 0. The Morgan fingerprint density at radius 1 is 1.06 bits per heavy atom. The molecule has 18 heavy (non-hydrogen) atoms. The summed E-state index contributed by atoms with van der Waals surface area (Å²) in [6.07, 6.45) is 6.62. The van der Waals surface area contributed by atoms with E-state index in [0.29, 0.717) is 0 Å². The number of aromatic nitrogens is 2. The van der Waals surface area contributed by atoms with E-state index in [4.69, 9.17) is 5.73 Å². The molecule has 0 bridgehead atoms. The van der Waals surface area contributed by atoms with Crippen LogP contribution in [-0.2, 0) is 12.8 Å². The van der Waals surface area contributed by atoms with E-state index in [2.05, 4.69) is 34.2 Å². The Morgan fingerprint density at radius 3 is 2.28 bits per heavy atom. The monoisotopic (exact) mass is 287 g/mol. The number of H-pyrrole nitrogens is 1. The Labute approximate surface area is 120 Å². The van der Waals surface area contributed by atoms with Crippen LogP contribution in [-0.4, -0.2) is 16.5 Å². The van der Waals surface area contributed by atoms with Gasteiger partial charge in [-0.3, -0.25) is 0 Å². The predicted octanol–water partition coefficient (Wildman–Crippen LogP) is 2.74. The summed E-state index contributed by atoms with van der Waals surface area (Å²) in [5.41, 5.74) is 8.12. The molecule has 0 aliphatic rings. The molecule has 0 unspecified atom stereocenters. The first-order valence-corrected chi connectivity index (χ1v) is 5.64. The van der Waals surface area contributed by atoms with Gasteiger partial charge in [0, 0.05) is 18.8 Å². The Balaban J connectivity index is 0.00000144. The van der Waals surface area contributed by atoms with Crippen molar-refractivity contribution < 1.29 is 0 Å². The zero-order chi connectivity index (χ0) is 11.2. The molecule has 1 heterocycles. The van der Waals surface area contributed by atoms with Gasteiger partial charge in [0.25, 0.3) is 0 Å². The molecule has 2 aromatic rings. The van der Waals surface area contributed by atoms with Crippen LogP contribution in [0.3, 0.4) is 0 Å². The van der Waals surface area contributed by atoms with E-state index in [-0.39, 0.29) is 24.8 Å². The van der Waals surface area contributed by atoms with Crippen molar-refractivity contribution in [2.24, 2.45) is 5.73 Å². The van der Waals surface area contributed by atoms with Gasteiger partial charge in [0.2, 0.25) is 0 Å². The second-order valence-corrected chi connectivity index (χ2v) is 3.92. The lowest BCUT2D eigenvalue weighted by Gasteiger charge is -2.02. The minimum Gasteiger partial charge on any atom is -0.348 e. The van der Waals surface area contributed by atoms with Crippen LogP contribution in [0.2, 0.25) is 0 Å². The summed E-state index contributed by atoms with van der Waals surface area (Å²) in [5, 5.41) is 0. The highest BCUT2D eigenvalue weighted by molar-refractivity contribution is 5.85. The third kappa shape index (κ3) is 5.08. The summed E-state index contributed by atoms with van der Waals surface area (Å²) in [5.74, 6) is 1.01. The smallest absolute Gasteiger partial charge is 0.110 e. The van der Waals surface area contributed by atoms with Gasteiger partial charge in [0.05, 0.1) is 0 Å². The normalized spacial score (nSPS) is 9.39. The maximum Gasteiger partial charge on any atom is 0.110 e. The molecule has 0 atom stereocenters. The molecule has 3 N–H and O–H groups in total. The second-order valence-electron chi connectivity index (χ2n) is 3.92. The number of halogens is 2. The Hall–Kier alpha value is -1.03. The van der Waals surface area contributed by atoms with Crippen molar-refractivity contribution in [3.8, 4) is 0 Å². The SMILES string of the molecule is Cl.Cl.NCCCc1ccc(Cc2ncc[nH]2)cc1. The Kier molecular flexibility index (Phi) is 8.46. The summed E-state index contributed by atoms with van der Waals surface area (Å²) in [6.45, 7) is 0.758. The fraction of sp³-hybridized carbons (Fsp3) is 0.308. The standard InChI is InChI=1S/C13H17N3.2ClH/c14-7-1-2-11-3-5-12(6-4-11)10-13-15-8-9-16-13;;/h3-6,8-9H,1-2,7,10,14H2,(H,15,16);2*1H. The second kappa shape index (κ2) is 8.97. The van der Waals surface area contributed by atoms with Crippen molar-refractivity contribution in [2.45, 2.75) is 19.3 Å². The van der Waals surface area contributed by atoms with Crippen LogP contribution < -0.4 is 5.73 Å². The molecule has 0 aliphatic carbocycles. The number of benzene rings is 1. The zero-order valence-corrected chi connectivity index (χ0v) is 11.8. The van der Waals surface area contributed by atoms with E-state index in [0.717, 1.165) is 31.6 Å². The molecule has 0 saturated carbocycles. The third-order valence-corrected chi connectivity index (χ3v) is 2.62. The molecule has 0 radical (unpaired) electrons. The van der Waals surface area contributed by atoms with Crippen LogP contribution in [0, 0.1) is 0 Å². The van der Waals surface area contributed by atoms with Crippen LogP contribution >= 0.6 is 24.8 Å². The Bertz CT molecular complexity index is 412. The highest BCUT2D eigenvalue weighted by atomic mass is 35.5. The van der Waals surface area contributed by atoms with Crippen molar-refractivity contribution in [3.63, 3.8) is 0 Å². The molecular weight excluding hydrogens is 269 g/mol. The van der Waals surface area contributed by atoms with Crippen molar-refractivity contribution in [1.29, 1.82) is 0 Å². The lowest BCUT2D eigenvalue weighted by Crippen LogP contribution is -2.00. The van der Waals surface area contributed by atoms with Gasteiger partial charge >= 0.3 is 0 Å². The van der Waals surface area contributed by atoms with Gasteiger partial charge in [0.15, 0.2) is 0 Å². The zero-order valence-electron chi connectivity index (χ0n) is 10.1. The fourth-order valence-corrected chi connectivity index (χ4v) is 1.72. The number of aromatic amines is 1. The number of nitrogens with one attached hydrogen (secondary N) is 1. The van der Waals surface area contributed by atoms with E-state index in [1.54, 1.807) is 6.20 Å². The van der Waals surface area contributed by atoms with Crippen molar-refractivity contribution in [1.82, 2.24) is 9.97 Å². The summed E-state index contributed by atoms with van der Waals surface area (Å²) in [7, 11) is 0. The number of nitrogens with two attached hydrogens (primary N) is 1. The molecule has 1 aromatic heterocycles. The van der Waals surface area contributed by atoms with Gasteiger partial charge in [-0.1, -0.05) is 24.3 Å². The van der Waals surface area contributed by atoms with Crippen LogP contribution in [0.25, 0.3) is 0 Å². The van der Waals surface area contributed by atoms with Gasteiger partial charge in [-0.25, -0.2) is 4.98 Å². The van der Waals surface area contributed by atoms with Gasteiger partial charge in [-0.2, -0.15) is 0 Å². The summed E-state index contributed by atoms with van der Waals surface area (Å²) in [6, 6.07) is 8.67. The minimum absolute atomic E-state index is 0. The quantitative estimate of drug-likeness (QED) is 0.888. The fourth-order valence-electron chi connectivity index (χ4n) is 1.72. The molecule has 0 fully saturated rings. The molecule has 100 valence electrons. The number of hydrogen-bond donors (Lipinski definition) is 2. The first kappa shape index (κ1) is 17.0. The number of rotatable bonds is 5. The molecule has 3 nitrogen and oxygen atoms in total. The van der Waals surface area contributed by atoms with Crippen LogP contribution in [0.1, 0.15) is 23.4 Å². The number of aryl methyl sites for hydroxylation is 1. The van der Waals surface area contributed by atoms with Gasteiger partial charge in [-0.15, -0.1) is 24.8 Å². The average molecular weight is 288 g/mol. The van der Waals surface area contributed by atoms with Gasteiger partial charge in [0.1, 0.15) is 5.82 Å². The highest BCUT2D eigenvalue weighted by Crippen LogP contribution is 2.09. The van der Waals surface area contributed by atoms with Gasteiger partial charge < -0.3 is 10.7 Å². The molecular formula is C13H19Cl2N3. The lowest BCUT2D eigenvalue weighted by molar-refractivity contribution is 0.832. The van der Waals surface area contributed by atoms with Crippen LogP contribution in [0.15, 0.2) is 36.7 Å². The van der Waals surface area contributed by atoms with Crippen molar-refractivity contribution in [2.75, 3.05) is 6.54 Å². The van der Waals surface area contributed by atoms with Crippen molar-refractivity contribution in [3.05, 3.63) is 53.6 Å². The Morgan fingerprint density at radius 2 is 1.72 bits per heavy atom. The van der Waals surface area contributed by atoms with E-state index in [1.807, 2.05) is 6.20 Å². The largest absolute Gasteiger partial charge is 0.348 e. The van der Waals surface area contributed by atoms with Crippen LogP contribution in [0.5, 0.6) is 0 Å². The van der Waals surface area contributed by atoms with E-state index in [1.165, 1.54) is 11.1 Å². The summed E-state index contributed by atoms with van der Waals surface area (Å²) < 4.78 is 0. The highest BCUT2D eigenvalue weighted by Gasteiger charge is 1.98. The maximum atomic E-state index is 5.48. The lowest BCUT2D eigenvalue weighted by atomic mass is 10.1. The first-order valence-electron chi connectivity index (χ1n) is 5.64. The van der Waals surface area contributed by atoms with E-state index in [9.17, 15) is 0 Å². The average Bonchev–Trinajstić information content (AvgIpc) is 2.81. The molecule has 0 aliphatic heterocycles. The molecule has 1 aromatic carbocycles. The molecule has 0 spiro atoms. The number of hydrogen-bond acceptors (Lipinski definition) is 2. The molecule has 5 heteroatoms. The minimum atomic E-state index is 0. The predicted molar refractivity (Wildman–Crippen MR) is 79.7 cm³/mol. The molecule has 0 saturated heterocycles. The van der Waals surface area contributed by atoms with Crippen molar-refractivity contribution >= 4 is 24.8 Å². The topological polar surface area (TPSA) is 54.7 Å². The number of nitrogens with zero attached hydrogens (tertiary/aromatic N) is 1.